The highest BCUT2D eigenvalue weighted by molar-refractivity contribution is 7.20. The van der Waals surface area contributed by atoms with Gasteiger partial charge in [-0.2, -0.15) is 5.26 Å². The van der Waals surface area contributed by atoms with E-state index in [1.165, 1.54) is 11.3 Å². The lowest BCUT2D eigenvalue weighted by Crippen LogP contribution is -2.28. The van der Waals surface area contributed by atoms with E-state index in [0.29, 0.717) is 38.5 Å². The van der Waals surface area contributed by atoms with E-state index < -0.39 is 0 Å². The Kier molecular flexibility index (Phi) is 4.05. The summed E-state index contributed by atoms with van der Waals surface area (Å²) in [4.78, 5) is 31.3. The number of nitrogens with one attached hydrogen (secondary N) is 1. The van der Waals surface area contributed by atoms with Crippen LogP contribution in [0.4, 0.5) is 5.69 Å². The molecule has 4 rings (SSSR count). The van der Waals surface area contributed by atoms with Crippen LogP contribution in [0.3, 0.4) is 0 Å². The summed E-state index contributed by atoms with van der Waals surface area (Å²) in [6.07, 6.45) is 2.79. The fourth-order valence-electron chi connectivity index (χ4n) is 3.32. The van der Waals surface area contributed by atoms with Gasteiger partial charge in [0.15, 0.2) is 0 Å². The van der Waals surface area contributed by atoms with Gasteiger partial charge in [-0.15, -0.1) is 11.3 Å². The predicted octanol–water partition coefficient (Wildman–Crippen LogP) is 3.23. The molecule has 0 radical (unpaired) electrons. The zero-order valence-corrected chi connectivity index (χ0v) is 15.0. The predicted molar refractivity (Wildman–Crippen MR) is 101 cm³/mol. The molecule has 0 fully saturated rings. The zero-order chi connectivity index (χ0) is 18.3. The van der Waals surface area contributed by atoms with E-state index in [9.17, 15) is 14.9 Å². The van der Waals surface area contributed by atoms with Crippen LogP contribution in [0.2, 0.25) is 0 Å². The normalized spacial score (nSPS) is 13.2. The maximum Gasteiger partial charge on any atom is 0.266 e. The van der Waals surface area contributed by atoms with Gasteiger partial charge in [-0.3, -0.25) is 14.2 Å². The Morgan fingerprint density at radius 2 is 2.15 bits per heavy atom. The lowest BCUT2D eigenvalue weighted by atomic mass is 10.1. The van der Waals surface area contributed by atoms with Gasteiger partial charge in [0.2, 0.25) is 0 Å². The van der Waals surface area contributed by atoms with Crippen molar-refractivity contribution in [2.45, 2.75) is 32.7 Å². The zero-order valence-electron chi connectivity index (χ0n) is 14.2. The third-order valence-electron chi connectivity index (χ3n) is 4.66. The van der Waals surface area contributed by atoms with Gasteiger partial charge in [0.25, 0.3) is 11.5 Å². The molecule has 3 aromatic rings. The molecule has 0 bridgehead atoms. The van der Waals surface area contributed by atoms with Crippen molar-refractivity contribution in [3.63, 3.8) is 0 Å². The number of rotatable bonds is 2. The molecule has 6 nitrogen and oxygen atoms in total. The van der Waals surface area contributed by atoms with E-state index in [1.807, 2.05) is 0 Å². The number of carbonyl (C=O) groups excluding carboxylic acids is 1. The first kappa shape index (κ1) is 16.5. The number of hydrogen-bond acceptors (Lipinski definition) is 5. The average molecular weight is 364 g/mol. The number of fused-ring (bicyclic) bond motifs is 2. The third kappa shape index (κ3) is 2.59. The van der Waals surface area contributed by atoms with Gasteiger partial charge < -0.3 is 5.32 Å². The van der Waals surface area contributed by atoms with Crippen molar-refractivity contribution in [3.05, 3.63) is 56.4 Å². The van der Waals surface area contributed by atoms with Crippen LogP contribution in [0, 0.1) is 18.3 Å². The fraction of sp³-hybridized carbons (Fsp3) is 0.263. The molecule has 1 aromatic carbocycles. The van der Waals surface area contributed by atoms with Crippen molar-refractivity contribution in [2.24, 2.45) is 0 Å². The van der Waals surface area contributed by atoms with E-state index in [0.717, 1.165) is 25.1 Å². The first-order valence-electron chi connectivity index (χ1n) is 8.43. The lowest BCUT2D eigenvalue weighted by Gasteiger charge is -2.16. The SMILES string of the molecule is Cc1c(C(=O)Nc2ccccc2C#N)sc2nc3n(c(=O)c12)CCCC3. The molecule has 26 heavy (non-hydrogen) atoms. The van der Waals surface area contributed by atoms with Crippen LogP contribution in [0.5, 0.6) is 0 Å². The minimum atomic E-state index is -0.324. The third-order valence-corrected chi connectivity index (χ3v) is 5.85. The smallest absolute Gasteiger partial charge is 0.266 e. The van der Waals surface area contributed by atoms with Gasteiger partial charge in [0.1, 0.15) is 16.7 Å². The quantitative estimate of drug-likeness (QED) is 0.756. The molecule has 130 valence electrons. The van der Waals surface area contributed by atoms with Crippen LogP contribution >= 0.6 is 11.3 Å². The molecule has 2 aromatic heterocycles. The Morgan fingerprint density at radius 3 is 2.96 bits per heavy atom. The molecule has 3 heterocycles. The van der Waals surface area contributed by atoms with Crippen LogP contribution in [0.25, 0.3) is 10.2 Å². The summed E-state index contributed by atoms with van der Waals surface area (Å²) in [6, 6.07) is 8.90. The first-order chi connectivity index (χ1) is 12.6. The molecule has 0 saturated heterocycles. The van der Waals surface area contributed by atoms with Crippen molar-refractivity contribution < 1.29 is 4.79 Å². The second-order valence-corrected chi connectivity index (χ2v) is 7.29. The van der Waals surface area contributed by atoms with Gasteiger partial charge >= 0.3 is 0 Å². The number of aryl methyl sites for hydroxylation is 2. The number of thiophene rings is 1. The highest BCUT2D eigenvalue weighted by Gasteiger charge is 2.23. The van der Waals surface area contributed by atoms with Gasteiger partial charge in [-0.05, 0) is 37.5 Å². The van der Waals surface area contributed by atoms with Crippen LogP contribution in [0.15, 0.2) is 29.1 Å². The summed E-state index contributed by atoms with van der Waals surface area (Å²) >= 11 is 1.23. The van der Waals surface area contributed by atoms with Crippen molar-refractivity contribution >= 4 is 33.1 Å². The Bertz CT molecular complexity index is 1140. The lowest BCUT2D eigenvalue weighted by molar-refractivity contribution is 0.103. The highest BCUT2D eigenvalue weighted by atomic mass is 32.1. The van der Waals surface area contributed by atoms with Gasteiger partial charge in [0, 0.05) is 13.0 Å². The standard InChI is InChI=1S/C19H16N4O2S/c1-11-15-18(22-14-8-4-5-9-23(14)19(15)25)26-16(11)17(24)21-13-7-3-2-6-12(13)10-20/h2-3,6-7H,4-5,8-9H2,1H3,(H,21,24). The largest absolute Gasteiger partial charge is 0.320 e. The number of aromatic nitrogens is 2. The van der Waals surface area contributed by atoms with Crippen molar-refractivity contribution in [1.29, 1.82) is 5.26 Å². The van der Waals surface area contributed by atoms with Crippen molar-refractivity contribution in [3.8, 4) is 6.07 Å². The topological polar surface area (TPSA) is 87.8 Å². The molecule has 0 spiro atoms. The molecule has 1 N–H and O–H groups in total. The minimum absolute atomic E-state index is 0.0603. The van der Waals surface area contributed by atoms with E-state index in [4.69, 9.17) is 0 Å². The summed E-state index contributed by atoms with van der Waals surface area (Å²) in [7, 11) is 0. The number of hydrogen-bond donors (Lipinski definition) is 1. The van der Waals surface area contributed by atoms with E-state index >= 15 is 0 Å². The second kappa shape index (κ2) is 6.39. The molecule has 0 atom stereocenters. The van der Waals surface area contributed by atoms with E-state index in [-0.39, 0.29) is 11.5 Å². The number of amides is 1. The Balaban J connectivity index is 1.79. The molecule has 0 aliphatic carbocycles. The van der Waals surface area contributed by atoms with Crippen LogP contribution in [-0.4, -0.2) is 15.5 Å². The van der Waals surface area contributed by atoms with Crippen LogP contribution in [-0.2, 0) is 13.0 Å². The van der Waals surface area contributed by atoms with Crippen molar-refractivity contribution in [2.75, 3.05) is 5.32 Å². The number of anilines is 1. The summed E-state index contributed by atoms with van der Waals surface area (Å²) in [5.41, 5.74) is 1.44. The van der Waals surface area contributed by atoms with E-state index in [1.54, 1.807) is 35.8 Å². The molecule has 7 heteroatoms. The number of benzene rings is 1. The van der Waals surface area contributed by atoms with Crippen molar-refractivity contribution in [1.82, 2.24) is 9.55 Å². The number of nitrogens with zero attached hydrogens (tertiary/aromatic N) is 3. The summed E-state index contributed by atoms with van der Waals surface area (Å²) in [6.45, 7) is 2.46. The van der Waals surface area contributed by atoms with Gasteiger partial charge in [-0.1, -0.05) is 12.1 Å². The molecule has 0 saturated carbocycles. The minimum Gasteiger partial charge on any atom is -0.320 e. The first-order valence-corrected chi connectivity index (χ1v) is 9.25. The van der Waals surface area contributed by atoms with E-state index in [2.05, 4.69) is 16.4 Å². The van der Waals surface area contributed by atoms with Crippen LogP contribution in [0.1, 0.15) is 39.5 Å². The maximum atomic E-state index is 12.8. The highest BCUT2D eigenvalue weighted by Crippen LogP contribution is 2.29. The van der Waals surface area contributed by atoms with Gasteiger partial charge in [0.05, 0.1) is 21.5 Å². The number of para-hydroxylation sites is 1. The number of carbonyl (C=O) groups is 1. The summed E-state index contributed by atoms with van der Waals surface area (Å²) in [5.74, 6) is 0.479. The maximum absolute atomic E-state index is 12.8. The number of nitriles is 1. The molecule has 1 aliphatic rings. The monoisotopic (exact) mass is 364 g/mol. The second-order valence-electron chi connectivity index (χ2n) is 6.29. The van der Waals surface area contributed by atoms with Gasteiger partial charge in [-0.25, -0.2) is 4.98 Å². The summed E-state index contributed by atoms with van der Waals surface area (Å²) in [5, 5.41) is 12.5. The Hall–Kier alpha value is -2.98. The average Bonchev–Trinajstić information content (AvgIpc) is 2.99. The molecular weight excluding hydrogens is 348 g/mol. The van der Waals surface area contributed by atoms with Crippen LogP contribution < -0.4 is 10.9 Å². The molecule has 0 unspecified atom stereocenters. The molecule has 1 aliphatic heterocycles. The Labute approximate surface area is 153 Å². The Morgan fingerprint density at radius 1 is 1.35 bits per heavy atom. The fourth-order valence-corrected chi connectivity index (χ4v) is 4.40. The summed E-state index contributed by atoms with van der Waals surface area (Å²) < 4.78 is 1.73. The molecule has 1 amide bonds. The molecular formula is C19H16N4O2S.